The molecule has 0 spiro atoms. The molecule has 0 fully saturated rings. The second-order valence-corrected chi connectivity index (χ2v) is 7.42. The molecule has 1 aromatic carbocycles. The summed E-state index contributed by atoms with van der Waals surface area (Å²) in [6.45, 7) is 1.38. The van der Waals surface area contributed by atoms with Gasteiger partial charge in [-0.2, -0.15) is 0 Å². The lowest BCUT2D eigenvalue weighted by atomic mass is 10.3. The Kier molecular flexibility index (Phi) is 4.86. The number of sulfonamides is 2. The van der Waals surface area contributed by atoms with Crippen LogP contribution in [0.4, 0.5) is 0 Å². The highest BCUT2D eigenvalue weighted by molar-refractivity contribution is 7.90. The molecule has 4 N–H and O–H groups in total. The number of carboxylic acid groups (broad SMARTS) is 1. The van der Waals surface area contributed by atoms with Gasteiger partial charge in [-0.25, -0.2) is 26.7 Å². The van der Waals surface area contributed by atoms with Crippen LogP contribution in [0.5, 0.6) is 0 Å². The molecule has 0 aromatic heterocycles. The number of nitrogens with two attached hydrogens (primary N) is 1. The van der Waals surface area contributed by atoms with Crippen molar-refractivity contribution in [3.05, 3.63) is 24.3 Å². The number of aliphatic carboxylic acids is 1. The number of hydrogen-bond donors (Lipinski definition) is 3. The van der Waals surface area contributed by atoms with E-state index in [1.807, 2.05) is 0 Å². The van der Waals surface area contributed by atoms with Gasteiger partial charge in [0.1, 0.15) is 0 Å². The highest BCUT2D eigenvalue weighted by atomic mass is 32.2. The maximum absolute atomic E-state index is 12.0. The van der Waals surface area contributed by atoms with Crippen LogP contribution in [0, 0.1) is 0 Å². The SMILES string of the molecule is CC(CC(=O)O)NS(=O)(=O)c1cccc(S(N)(=O)=O)c1. The monoisotopic (exact) mass is 322 g/mol. The van der Waals surface area contributed by atoms with E-state index in [1.54, 1.807) is 0 Å². The summed E-state index contributed by atoms with van der Waals surface area (Å²) in [6.07, 6.45) is -0.395. The molecule has 20 heavy (non-hydrogen) atoms. The molecule has 0 aliphatic rings. The van der Waals surface area contributed by atoms with Crippen molar-refractivity contribution in [1.29, 1.82) is 0 Å². The van der Waals surface area contributed by atoms with Gasteiger partial charge in [-0.15, -0.1) is 0 Å². The highest BCUT2D eigenvalue weighted by Gasteiger charge is 2.20. The van der Waals surface area contributed by atoms with Crippen LogP contribution in [0.3, 0.4) is 0 Å². The Morgan fingerprint density at radius 1 is 1.30 bits per heavy atom. The van der Waals surface area contributed by atoms with Gasteiger partial charge in [0.05, 0.1) is 16.2 Å². The number of carbonyl (C=O) groups is 1. The fourth-order valence-corrected chi connectivity index (χ4v) is 3.38. The largest absolute Gasteiger partial charge is 0.481 e. The van der Waals surface area contributed by atoms with Gasteiger partial charge in [-0.1, -0.05) is 6.07 Å². The Bertz CT molecular complexity index is 711. The van der Waals surface area contributed by atoms with Crippen LogP contribution in [0.15, 0.2) is 34.1 Å². The molecule has 1 atom stereocenters. The molecule has 10 heteroatoms. The quantitative estimate of drug-likeness (QED) is 0.642. The zero-order chi connectivity index (χ0) is 15.6. The van der Waals surface area contributed by atoms with Crippen LogP contribution in [0.2, 0.25) is 0 Å². The topological polar surface area (TPSA) is 144 Å². The molecule has 1 rings (SSSR count). The second-order valence-electron chi connectivity index (χ2n) is 4.14. The fourth-order valence-electron chi connectivity index (χ4n) is 1.45. The van der Waals surface area contributed by atoms with Crippen molar-refractivity contribution >= 4 is 26.0 Å². The van der Waals surface area contributed by atoms with Crippen LogP contribution in [0.1, 0.15) is 13.3 Å². The predicted octanol–water partition coefficient (Wildman–Crippen LogP) is -0.524. The fraction of sp³-hybridized carbons (Fsp3) is 0.300. The lowest BCUT2D eigenvalue weighted by molar-refractivity contribution is -0.137. The third-order valence-electron chi connectivity index (χ3n) is 2.28. The first-order chi connectivity index (χ1) is 9.02. The Morgan fingerprint density at radius 2 is 1.85 bits per heavy atom. The van der Waals surface area contributed by atoms with E-state index >= 15 is 0 Å². The van der Waals surface area contributed by atoms with E-state index in [1.165, 1.54) is 19.1 Å². The average Bonchev–Trinajstić information content (AvgIpc) is 2.26. The van der Waals surface area contributed by atoms with Gasteiger partial charge in [0, 0.05) is 6.04 Å². The summed E-state index contributed by atoms with van der Waals surface area (Å²) < 4.78 is 48.4. The van der Waals surface area contributed by atoms with Crippen LogP contribution in [0.25, 0.3) is 0 Å². The van der Waals surface area contributed by atoms with Crippen molar-refractivity contribution in [3.8, 4) is 0 Å². The molecular formula is C10H14N2O6S2. The van der Waals surface area contributed by atoms with Gasteiger partial charge in [0.2, 0.25) is 20.0 Å². The molecule has 0 heterocycles. The average molecular weight is 322 g/mol. The maximum Gasteiger partial charge on any atom is 0.304 e. The lowest BCUT2D eigenvalue weighted by Crippen LogP contribution is -2.34. The summed E-state index contributed by atoms with van der Waals surface area (Å²) in [4.78, 5) is 9.84. The second kappa shape index (κ2) is 5.87. The summed E-state index contributed by atoms with van der Waals surface area (Å²) in [6, 6.07) is 3.65. The number of carboxylic acids is 1. The van der Waals surface area contributed by atoms with Crippen LogP contribution >= 0.6 is 0 Å². The number of rotatable bonds is 6. The van der Waals surface area contributed by atoms with Crippen LogP contribution in [-0.4, -0.2) is 34.0 Å². The Labute approximate surface area is 116 Å². The number of nitrogens with one attached hydrogen (secondary N) is 1. The van der Waals surface area contributed by atoms with Crippen molar-refractivity contribution in [2.24, 2.45) is 5.14 Å². The first kappa shape index (κ1) is 16.6. The van der Waals surface area contributed by atoms with Crippen LogP contribution in [-0.2, 0) is 24.8 Å². The zero-order valence-corrected chi connectivity index (χ0v) is 12.1. The van der Waals surface area contributed by atoms with E-state index in [9.17, 15) is 21.6 Å². The third kappa shape index (κ3) is 4.56. The number of primary sulfonamides is 1. The van der Waals surface area contributed by atoms with E-state index in [-0.39, 0.29) is 9.79 Å². The van der Waals surface area contributed by atoms with E-state index in [0.29, 0.717) is 0 Å². The summed E-state index contributed by atoms with van der Waals surface area (Å²) in [5, 5.41) is 13.5. The van der Waals surface area contributed by atoms with Gasteiger partial charge >= 0.3 is 5.97 Å². The van der Waals surface area contributed by atoms with Crippen molar-refractivity contribution in [1.82, 2.24) is 4.72 Å². The standard InChI is InChI=1S/C10H14N2O6S2/c1-7(5-10(13)14)12-20(17,18)9-4-2-3-8(6-9)19(11,15)16/h2-4,6-7,12H,5H2,1H3,(H,13,14)(H2,11,15,16). The molecule has 0 bridgehead atoms. The highest BCUT2D eigenvalue weighted by Crippen LogP contribution is 2.15. The summed E-state index contributed by atoms with van der Waals surface area (Å²) in [5.41, 5.74) is 0. The molecule has 0 aliphatic heterocycles. The molecule has 8 nitrogen and oxygen atoms in total. The Morgan fingerprint density at radius 3 is 2.35 bits per heavy atom. The van der Waals surface area contributed by atoms with E-state index in [2.05, 4.69) is 4.72 Å². The van der Waals surface area contributed by atoms with Gasteiger partial charge in [0.15, 0.2) is 0 Å². The van der Waals surface area contributed by atoms with Gasteiger partial charge in [0.25, 0.3) is 0 Å². The molecule has 0 saturated heterocycles. The third-order valence-corrected chi connectivity index (χ3v) is 4.78. The van der Waals surface area contributed by atoms with E-state index in [0.717, 1.165) is 12.1 Å². The minimum Gasteiger partial charge on any atom is -0.481 e. The van der Waals surface area contributed by atoms with Gasteiger partial charge in [-0.3, -0.25) is 4.79 Å². The summed E-state index contributed by atoms with van der Waals surface area (Å²) >= 11 is 0. The maximum atomic E-state index is 12.0. The van der Waals surface area contributed by atoms with Crippen molar-refractivity contribution in [2.45, 2.75) is 29.2 Å². The molecular weight excluding hydrogens is 308 g/mol. The van der Waals surface area contributed by atoms with Crippen molar-refractivity contribution < 1.29 is 26.7 Å². The minimum absolute atomic E-state index is 0.304. The molecule has 0 radical (unpaired) electrons. The summed E-state index contributed by atoms with van der Waals surface area (Å²) in [7, 11) is -8.04. The molecule has 0 saturated carbocycles. The van der Waals surface area contributed by atoms with Gasteiger partial charge < -0.3 is 5.11 Å². The van der Waals surface area contributed by atoms with Crippen molar-refractivity contribution in [2.75, 3.05) is 0 Å². The normalized spacial score (nSPS) is 13.9. The van der Waals surface area contributed by atoms with E-state index in [4.69, 9.17) is 10.2 Å². The summed E-state index contributed by atoms with van der Waals surface area (Å²) in [5.74, 6) is -1.15. The van der Waals surface area contributed by atoms with Crippen LogP contribution < -0.4 is 9.86 Å². The molecule has 1 aromatic rings. The number of benzene rings is 1. The number of hydrogen-bond acceptors (Lipinski definition) is 5. The van der Waals surface area contributed by atoms with E-state index < -0.39 is 38.5 Å². The molecule has 0 amide bonds. The molecule has 0 aliphatic carbocycles. The first-order valence-corrected chi connectivity index (χ1v) is 8.42. The Balaban J connectivity index is 3.08. The predicted molar refractivity (Wildman–Crippen MR) is 69.9 cm³/mol. The van der Waals surface area contributed by atoms with Gasteiger partial charge in [-0.05, 0) is 25.1 Å². The molecule has 112 valence electrons. The van der Waals surface area contributed by atoms with Crippen molar-refractivity contribution in [3.63, 3.8) is 0 Å². The Hall–Kier alpha value is -1.49. The minimum atomic E-state index is -4.02. The zero-order valence-electron chi connectivity index (χ0n) is 10.5. The lowest BCUT2D eigenvalue weighted by Gasteiger charge is -2.12. The smallest absolute Gasteiger partial charge is 0.304 e. The first-order valence-electron chi connectivity index (χ1n) is 5.39. The molecule has 1 unspecified atom stereocenters.